The third kappa shape index (κ3) is 1.57. The Balaban J connectivity index is 2.55. The van der Waals surface area contributed by atoms with Crippen molar-refractivity contribution in [1.29, 1.82) is 0 Å². The van der Waals surface area contributed by atoms with Crippen molar-refractivity contribution >= 4 is 16.1 Å². The molecule has 5 nitrogen and oxygen atoms in total. The molecule has 74 valence electrons. The van der Waals surface area contributed by atoms with E-state index < -0.39 is 10.0 Å². The van der Waals surface area contributed by atoms with Gasteiger partial charge in [-0.05, 0) is 18.2 Å². The topological polar surface area (TPSA) is 81.4 Å². The second kappa shape index (κ2) is 3.00. The molecule has 0 unspecified atom stereocenters. The summed E-state index contributed by atoms with van der Waals surface area (Å²) in [7, 11) is -3.67. The lowest BCUT2D eigenvalue weighted by Gasteiger charge is -2.12. The highest BCUT2D eigenvalue weighted by Crippen LogP contribution is 2.24. The van der Waals surface area contributed by atoms with E-state index in [1.54, 1.807) is 18.3 Å². The van der Waals surface area contributed by atoms with E-state index in [1.165, 1.54) is 12.1 Å². The van der Waals surface area contributed by atoms with E-state index in [1.807, 2.05) is 0 Å². The molecule has 3 N–H and O–H groups in total. The Morgan fingerprint density at radius 2 is 2.14 bits per heavy atom. The molecular weight excluding hydrogens is 204 g/mol. The van der Waals surface area contributed by atoms with Crippen LogP contribution in [0, 0.1) is 0 Å². The summed E-state index contributed by atoms with van der Waals surface area (Å²) in [5.74, 6) is 0.444. The van der Waals surface area contributed by atoms with Crippen LogP contribution in [0.15, 0.2) is 29.3 Å². The van der Waals surface area contributed by atoms with E-state index in [4.69, 9.17) is 9.98 Å². The molecule has 0 bridgehead atoms. The first-order valence-corrected chi connectivity index (χ1v) is 5.38. The van der Waals surface area contributed by atoms with E-state index in [0.29, 0.717) is 5.75 Å². The van der Waals surface area contributed by atoms with Crippen LogP contribution in [0.1, 0.15) is 5.56 Å². The lowest BCUT2D eigenvalue weighted by molar-refractivity contribution is 0.238. The summed E-state index contributed by atoms with van der Waals surface area (Å²) in [5, 5.41) is 4.97. The highest BCUT2D eigenvalue weighted by molar-refractivity contribution is 7.89. The minimum Gasteiger partial charge on any atom is -0.382 e. The molecule has 1 heterocycles. The average Bonchev–Trinajstić information content (AvgIpc) is 2.16. The number of hydroxylamine groups is 1. The fraction of sp³-hybridized carbons (Fsp3) is 0. The average molecular weight is 212 g/mol. The molecular formula is C8H8N2O3S. The molecule has 0 saturated carbocycles. The van der Waals surface area contributed by atoms with Gasteiger partial charge < -0.3 is 4.84 Å². The zero-order valence-corrected chi connectivity index (χ0v) is 7.91. The lowest BCUT2D eigenvalue weighted by Crippen LogP contribution is -2.16. The number of fused-ring (bicyclic) bond motifs is 1. The molecule has 6 heteroatoms. The van der Waals surface area contributed by atoms with E-state index in [0.717, 1.165) is 5.56 Å². The maximum atomic E-state index is 11.0. The van der Waals surface area contributed by atoms with Crippen molar-refractivity contribution in [2.75, 3.05) is 0 Å². The number of benzene rings is 1. The van der Waals surface area contributed by atoms with Crippen LogP contribution in [0.25, 0.3) is 6.08 Å². The highest BCUT2D eigenvalue weighted by Gasteiger charge is 2.12. The molecule has 0 atom stereocenters. The van der Waals surface area contributed by atoms with Gasteiger partial charge in [0.1, 0.15) is 0 Å². The fourth-order valence-corrected chi connectivity index (χ4v) is 1.67. The van der Waals surface area contributed by atoms with Crippen LogP contribution in [-0.4, -0.2) is 8.42 Å². The molecule has 0 saturated heterocycles. The van der Waals surface area contributed by atoms with E-state index in [-0.39, 0.29) is 4.90 Å². The van der Waals surface area contributed by atoms with Crippen molar-refractivity contribution in [3.8, 4) is 5.75 Å². The third-order valence-electron chi connectivity index (χ3n) is 1.81. The molecule has 0 amide bonds. The Kier molecular flexibility index (Phi) is 1.94. The predicted octanol–water partition coefficient (Wildman–Crippen LogP) is 0.202. The molecule has 2 rings (SSSR count). The van der Waals surface area contributed by atoms with Crippen molar-refractivity contribution in [2.45, 2.75) is 4.90 Å². The van der Waals surface area contributed by atoms with Gasteiger partial charge in [-0.1, -0.05) is 0 Å². The Morgan fingerprint density at radius 1 is 1.36 bits per heavy atom. The maximum Gasteiger partial charge on any atom is 0.238 e. The number of hydrogen-bond donors (Lipinski definition) is 2. The molecule has 1 aromatic rings. The largest absolute Gasteiger partial charge is 0.382 e. The summed E-state index contributed by atoms with van der Waals surface area (Å²) in [6, 6.07) is 4.45. The number of nitrogens with one attached hydrogen (secondary N) is 1. The molecule has 0 aliphatic carbocycles. The molecule has 14 heavy (non-hydrogen) atoms. The summed E-state index contributed by atoms with van der Waals surface area (Å²) < 4.78 is 22.0. The van der Waals surface area contributed by atoms with Gasteiger partial charge in [0.15, 0.2) is 5.75 Å². The monoisotopic (exact) mass is 212 g/mol. The fourth-order valence-electron chi connectivity index (χ4n) is 1.14. The first kappa shape index (κ1) is 9.04. The first-order chi connectivity index (χ1) is 6.57. The molecule has 1 aliphatic rings. The number of sulfonamides is 1. The van der Waals surface area contributed by atoms with Gasteiger partial charge in [0, 0.05) is 17.8 Å². The van der Waals surface area contributed by atoms with Gasteiger partial charge in [-0.25, -0.2) is 19.0 Å². The molecule has 0 aromatic heterocycles. The Hall–Kier alpha value is -1.53. The van der Waals surface area contributed by atoms with Gasteiger partial charge in [-0.3, -0.25) is 0 Å². The number of nitrogens with two attached hydrogens (primary N) is 1. The van der Waals surface area contributed by atoms with Crippen LogP contribution in [-0.2, 0) is 10.0 Å². The van der Waals surface area contributed by atoms with E-state index in [9.17, 15) is 8.42 Å². The minimum absolute atomic E-state index is 0.0355. The van der Waals surface area contributed by atoms with Crippen LogP contribution >= 0.6 is 0 Å². The van der Waals surface area contributed by atoms with Gasteiger partial charge in [0.25, 0.3) is 0 Å². The zero-order valence-electron chi connectivity index (χ0n) is 7.10. The van der Waals surface area contributed by atoms with Crippen molar-refractivity contribution in [3.05, 3.63) is 30.0 Å². The standard InChI is InChI=1S/C8H8N2O3S/c9-14(11,12)7-2-1-6-3-4-10-13-8(6)5-7/h1-5,10H,(H2,9,11,12). The van der Waals surface area contributed by atoms with Crippen molar-refractivity contribution in [3.63, 3.8) is 0 Å². The van der Waals surface area contributed by atoms with Gasteiger partial charge in [0.2, 0.25) is 10.0 Å². The lowest BCUT2D eigenvalue weighted by atomic mass is 10.2. The van der Waals surface area contributed by atoms with E-state index >= 15 is 0 Å². The number of primary sulfonamides is 1. The Bertz CT molecular complexity index is 493. The van der Waals surface area contributed by atoms with Crippen molar-refractivity contribution in [2.24, 2.45) is 5.14 Å². The smallest absolute Gasteiger partial charge is 0.238 e. The second-order valence-corrected chi connectivity index (χ2v) is 4.36. The summed E-state index contributed by atoms with van der Waals surface area (Å²) in [5.41, 5.74) is 3.31. The van der Waals surface area contributed by atoms with Gasteiger partial charge in [0.05, 0.1) is 4.90 Å². The number of rotatable bonds is 1. The van der Waals surface area contributed by atoms with Gasteiger partial charge in [-0.15, -0.1) is 0 Å². The Labute approximate surface area is 81.2 Å². The Morgan fingerprint density at radius 3 is 2.86 bits per heavy atom. The molecule has 1 aliphatic heterocycles. The van der Waals surface area contributed by atoms with Gasteiger partial charge >= 0.3 is 0 Å². The zero-order chi connectivity index (χ0) is 10.2. The quantitative estimate of drug-likeness (QED) is 0.696. The summed E-state index contributed by atoms with van der Waals surface area (Å²) in [6.07, 6.45) is 3.38. The summed E-state index contributed by atoms with van der Waals surface area (Å²) in [6.45, 7) is 0. The normalized spacial score (nSPS) is 14.1. The SMILES string of the molecule is NS(=O)(=O)c1ccc2c(c1)ONC=C2. The summed E-state index contributed by atoms with van der Waals surface area (Å²) in [4.78, 5) is 5.04. The van der Waals surface area contributed by atoms with Crippen molar-refractivity contribution < 1.29 is 13.3 Å². The van der Waals surface area contributed by atoms with Crippen LogP contribution < -0.4 is 15.5 Å². The van der Waals surface area contributed by atoms with E-state index in [2.05, 4.69) is 5.48 Å². The van der Waals surface area contributed by atoms with Crippen molar-refractivity contribution in [1.82, 2.24) is 5.48 Å². The predicted molar refractivity (Wildman–Crippen MR) is 50.6 cm³/mol. The maximum absolute atomic E-state index is 11.0. The molecule has 0 spiro atoms. The third-order valence-corrected chi connectivity index (χ3v) is 2.72. The summed E-state index contributed by atoms with van der Waals surface area (Å²) >= 11 is 0. The second-order valence-electron chi connectivity index (χ2n) is 2.80. The number of hydrogen-bond acceptors (Lipinski definition) is 4. The molecule has 0 radical (unpaired) electrons. The molecule has 0 fully saturated rings. The van der Waals surface area contributed by atoms with Crippen LogP contribution in [0.3, 0.4) is 0 Å². The van der Waals surface area contributed by atoms with Crippen LogP contribution in [0.5, 0.6) is 5.75 Å². The van der Waals surface area contributed by atoms with Crippen LogP contribution in [0.4, 0.5) is 0 Å². The molecule has 1 aromatic carbocycles. The highest BCUT2D eigenvalue weighted by atomic mass is 32.2. The minimum atomic E-state index is -3.67. The first-order valence-electron chi connectivity index (χ1n) is 3.83. The van der Waals surface area contributed by atoms with Crippen LogP contribution in [0.2, 0.25) is 0 Å². The van der Waals surface area contributed by atoms with Gasteiger partial charge in [-0.2, -0.15) is 0 Å².